The molecule has 3 rings (SSSR count). The Labute approximate surface area is 129 Å². The highest BCUT2D eigenvalue weighted by molar-refractivity contribution is 6.34. The van der Waals surface area contributed by atoms with Crippen molar-refractivity contribution in [3.8, 4) is 0 Å². The van der Waals surface area contributed by atoms with Crippen molar-refractivity contribution in [1.29, 1.82) is 0 Å². The number of amides is 2. The molecule has 112 valence electrons. The lowest BCUT2D eigenvalue weighted by atomic mass is 9.79. The van der Waals surface area contributed by atoms with E-state index in [1.54, 1.807) is 4.90 Å². The first kappa shape index (κ1) is 14.4. The largest absolute Gasteiger partial charge is 0.340 e. The molecule has 1 aromatic rings. The normalized spacial score (nSPS) is 21.5. The molecule has 1 aromatic carbocycles. The van der Waals surface area contributed by atoms with Crippen molar-refractivity contribution in [1.82, 2.24) is 5.32 Å². The maximum Gasteiger partial charge on any atom is 0.253 e. The summed E-state index contributed by atoms with van der Waals surface area (Å²) in [6.45, 7) is 1.99. The third-order valence-corrected chi connectivity index (χ3v) is 4.74. The van der Waals surface area contributed by atoms with Crippen LogP contribution in [0.15, 0.2) is 18.2 Å². The molecule has 1 N–H and O–H groups in total. The first-order valence-corrected chi connectivity index (χ1v) is 7.79. The van der Waals surface area contributed by atoms with E-state index in [2.05, 4.69) is 5.32 Å². The van der Waals surface area contributed by atoms with E-state index in [1.807, 2.05) is 25.1 Å². The summed E-state index contributed by atoms with van der Waals surface area (Å²) in [5.41, 5.74) is 0.944. The predicted molar refractivity (Wildman–Crippen MR) is 82.5 cm³/mol. The van der Waals surface area contributed by atoms with Crippen molar-refractivity contribution in [2.24, 2.45) is 0 Å². The van der Waals surface area contributed by atoms with Crippen LogP contribution in [-0.2, 0) is 9.59 Å². The molecule has 2 aliphatic rings. The highest BCUT2D eigenvalue weighted by Gasteiger charge is 2.47. The predicted octanol–water partition coefficient (Wildman–Crippen LogP) is 2.81. The number of carbonyl (C=O) groups is 2. The summed E-state index contributed by atoms with van der Waals surface area (Å²) in [7, 11) is 0. The molecule has 2 amide bonds. The van der Waals surface area contributed by atoms with Gasteiger partial charge in [0.1, 0.15) is 12.1 Å². The molecule has 1 heterocycles. The van der Waals surface area contributed by atoms with E-state index in [0.29, 0.717) is 10.7 Å². The number of nitrogens with one attached hydrogen (secondary N) is 1. The Hall–Kier alpha value is -1.55. The van der Waals surface area contributed by atoms with Crippen LogP contribution >= 0.6 is 11.6 Å². The van der Waals surface area contributed by atoms with Crippen molar-refractivity contribution in [2.75, 3.05) is 11.4 Å². The van der Waals surface area contributed by atoms with Crippen LogP contribution in [0, 0.1) is 6.92 Å². The van der Waals surface area contributed by atoms with Crippen LogP contribution in [-0.4, -0.2) is 23.9 Å². The van der Waals surface area contributed by atoms with Gasteiger partial charge >= 0.3 is 0 Å². The van der Waals surface area contributed by atoms with E-state index < -0.39 is 5.54 Å². The first-order chi connectivity index (χ1) is 10.0. The van der Waals surface area contributed by atoms with E-state index in [1.165, 1.54) is 0 Å². The highest BCUT2D eigenvalue weighted by Crippen LogP contribution is 2.36. The van der Waals surface area contributed by atoms with Gasteiger partial charge in [-0.05, 0) is 37.5 Å². The molecule has 1 aliphatic heterocycles. The van der Waals surface area contributed by atoms with Crippen LogP contribution in [0.2, 0.25) is 5.02 Å². The minimum absolute atomic E-state index is 0.0208. The molecule has 2 fully saturated rings. The van der Waals surface area contributed by atoms with Gasteiger partial charge in [-0.3, -0.25) is 14.5 Å². The van der Waals surface area contributed by atoms with Crippen molar-refractivity contribution in [3.63, 3.8) is 0 Å². The number of benzene rings is 1. The monoisotopic (exact) mass is 306 g/mol. The van der Waals surface area contributed by atoms with Crippen LogP contribution < -0.4 is 10.2 Å². The lowest BCUT2D eigenvalue weighted by Gasteiger charge is -2.44. The van der Waals surface area contributed by atoms with Crippen LogP contribution in [0.5, 0.6) is 0 Å². The number of nitrogens with zero attached hydrogens (tertiary/aromatic N) is 1. The van der Waals surface area contributed by atoms with Crippen LogP contribution in [0.4, 0.5) is 5.69 Å². The first-order valence-electron chi connectivity index (χ1n) is 7.41. The summed E-state index contributed by atoms with van der Waals surface area (Å²) < 4.78 is 0. The summed E-state index contributed by atoms with van der Waals surface area (Å²) in [5.74, 6) is -0.124. The summed E-state index contributed by atoms with van der Waals surface area (Å²) in [6, 6.07) is 5.56. The lowest BCUT2D eigenvalue weighted by molar-refractivity contribution is -0.137. The topological polar surface area (TPSA) is 49.4 Å². The number of piperazine rings is 1. The zero-order valence-corrected chi connectivity index (χ0v) is 12.9. The Bertz CT molecular complexity index is 594. The Morgan fingerprint density at radius 3 is 2.57 bits per heavy atom. The molecule has 4 nitrogen and oxygen atoms in total. The molecular weight excluding hydrogens is 288 g/mol. The van der Waals surface area contributed by atoms with Gasteiger partial charge in [-0.25, -0.2) is 0 Å². The van der Waals surface area contributed by atoms with Crippen molar-refractivity contribution >= 4 is 29.1 Å². The van der Waals surface area contributed by atoms with Gasteiger partial charge in [0.2, 0.25) is 5.91 Å². The summed E-state index contributed by atoms with van der Waals surface area (Å²) >= 11 is 6.28. The lowest BCUT2D eigenvalue weighted by Crippen LogP contribution is -2.67. The van der Waals surface area contributed by atoms with E-state index in [0.717, 1.165) is 37.7 Å². The zero-order chi connectivity index (χ0) is 15.0. The van der Waals surface area contributed by atoms with Gasteiger partial charge < -0.3 is 5.32 Å². The van der Waals surface area contributed by atoms with Crippen molar-refractivity contribution in [2.45, 2.75) is 44.6 Å². The molecule has 21 heavy (non-hydrogen) atoms. The Kier molecular flexibility index (Phi) is 3.66. The molecule has 1 saturated heterocycles. The number of rotatable bonds is 1. The van der Waals surface area contributed by atoms with Gasteiger partial charge in [0, 0.05) is 0 Å². The third kappa shape index (κ3) is 2.53. The highest BCUT2D eigenvalue weighted by atomic mass is 35.5. The Morgan fingerprint density at radius 2 is 1.90 bits per heavy atom. The molecule has 1 saturated carbocycles. The molecule has 0 unspecified atom stereocenters. The van der Waals surface area contributed by atoms with Gasteiger partial charge in [0.15, 0.2) is 0 Å². The molecule has 0 atom stereocenters. The summed E-state index contributed by atoms with van der Waals surface area (Å²) in [6.07, 6.45) is 4.51. The number of anilines is 1. The zero-order valence-electron chi connectivity index (χ0n) is 12.1. The average molecular weight is 307 g/mol. The standard InChI is InChI=1S/C16H19ClN2O2/c1-11-5-6-13(12(17)9-11)19-10-14(20)18-16(15(19)21)7-3-2-4-8-16/h5-6,9H,2-4,7-8,10H2,1H3,(H,18,20). The Balaban J connectivity index is 1.97. The number of halogens is 1. The molecule has 5 heteroatoms. The summed E-state index contributed by atoms with van der Waals surface area (Å²) in [4.78, 5) is 26.6. The Morgan fingerprint density at radius 1 is 1.19 bits per heavy atom. The fourth-order valence-electron chi connectivity index (χ4n) is 3.35. The number of hydrogen-bond acceptors (Lipinski definition) is 2. The van der Waals surface area contributed by atoms with Crippen LogP contribution in [0.1, 0.15) is 37.7 Å². The maximum atomic E-state index is 12.9. The van der Waals surface area contributed by atoms with Crippen molar-refractivity contribution < 1.29 is 9.59 Å². The van der Waals surface area contributed by atoms with Gasteiger partial charge in [-0.2, -0.15) is 0 Å². The van der Waals surface area contributed by atoms with Crippen LogP contribution in [0.25, 0.3) is 0 Å². The number of hydrogen-bond donors (Lipinski definition) is 1. The fraction of sp³-hybridized carbons (Fsp3) is 0.500. The van der Waals surface area contributed by atoms with Gasteiger partial charge in [0.25, 0.3) is 5.91 Å². The second-order valence-electron chi connectivity index (χ2n) is 6.04. The molecule has 1 aliphatic carbocycles. The van der Waals surface area contributed by atoms with E-state index >= 15 is 0 Å². The summed E-state index contributed by atoms with van der Waals surface area (Å²) in [5, 5.41) is 3.46. The molecule has 0 aromatic heterocycles. The maximum absolute atomic E-state index is 12.9. The number of carbonyl (C=O) groups excluding carboxylic acids is 2. The second kappa shape index (κ2) is 5.34. The fourth-order valence-corrected chi connectivity index (χ4v) is 3.69. The van der Waals surface area contributed by atoms with Gasteiger partial charge in [-0.1, -0.05) is 36.9 Å². The van der Waals surface area contributed by atoms with E-state index in [4.69, 9.17) is 11.6 Å². The van der Waals surface area contributed by atoms with Gasteiger partial charge in [-0.15, -0.1) is 0 Å². The minimum Gasteiger partial charge on any atom is -0.340 e. The van der Waals surface area contributed by atoms with Crippen LogP contribution in [0.3, 0.4) is 0 Å². The molecule has 0 radical (unpaired) electrons. The van der Waals surface area contributed by atoms with Gasteiger partial charge in [0.05, 0.1) is 10.7 Å². The minimum atomic E-state index is -0.720. The van der Waals surface area contributed by atoms with E-state index in [9.17, 15) is 9.59 Å². The average Bonchev–Trinajstić information content (AvgIpc) is 2.44. The number of aryl methyl sites for hydroxylation is 1. The quantitative estimate of drug-likeness (QED) is 0.867. The van der Waals surface area contributed by atoms with Crippen molar-refractivity contribution in [3.05, 3.63) is 28.8 Å². The smallest absolute Gasteiger partial charge is 0.253 e. The molecule has 0 bridgehead atoms. The third-order valence-electron chi connectivity index (χ3n) is 4.44. The molecular formula is C16H19ClN2O2. The van der Waals surface area contributed by atoms with E-state index in [-0.39, 0.29) is 18.4 Å². The SMILES string of the molecule is Cc1ccc(N2CC(=O)NC3(CCCCC3)C2=O)c(Cl)c1. The second-order valence-corrected chi connectivity index (χ2v) is 6.44. The molecule has 1 spiro atoms.